The quantitative estimate of drug-likeness (QED) is 0.943. The van der Waals surface area contributed by atoms with Gasteiger partial charge >= 0.3 is 0 Å². The molecule has 1 fully saturated rings. The average molecular weight is 314 g/mol. The fourth-order valence-corrected chi connectivity index (χ4v) is 3.80. The van der Waals surface area contributed by atoms with Crippen molar-refractivity contribution in [3.05, 3.63) is 58.3 Å². The van der Waals surface area contributed by atoms with E-state index >= 15 is 0 Å². The number of rotatable bonds is 4. The van der Waals surface area contributed by atoms with Gasteiger partial charge in [-0.05, 0) is 17.0 Å². The zero-order valence-electron chi connectivity index (χ0n) is 12.4. The molecule has 1 N–H and O–H groups in total. The van der Waals surface area contributed by atoms with Crippen molar-refractivity contribution in [3.8, 4) is 0 Å². The van der Waals surface area contributed by atoms with Crippen LogP contribution in [0.15, 0.2) is 47.8 Å². The molecule has 22 heavy (non-hydrogen) atoms. The van der Waals surface area contributed by atoms with Gasteiger partial charge in [0.2, 0.25) is 11.8 Å². The van der Waals surface area contributed by atoms with E-state index in [1.165, 1.54) is 0 Å². The topological polar surface area (TPSA) is 49.4 Å². The van der Waals surface area contributed by atoms with Gasteiger partial charge in [-0.2, -0.15) is 0 Å². The highest BCUT2D eigenvalue weighted by Crippen LogP contribution is 2.39. The molecule has 0 aliphatic carbocycles. The van der Waals surface area contributed by atoms with E-state index in [-0.39, 0.29) is 30.2 Å². The summed E-state index contributed by atoms with van der Waals surface area (Å²) in [6.45, 7) is 0.491. The number of benzene rings is 1. The predicted molar refractivity (Wildman–Crippen MR) is 86.2 cm³/mol. The first kappa shape index (κ1) is 14.8. The minimum Gasteiger partial charge on any atom is -0.352 e. The molecule has 1 aliphatic heterocycles. The molecule has 0 spiro atoms. The van der Waals surface area contributed by atoms with Crippen LogP contribution in [0.3, 0.4) is 0 Å². The molecule has 0 unspecified atom stereocenters. The van der Waals surface area contributed by atoms with E-state index in [0.717, 1.165) is 10.4 Å². The van der Waals surface area contributed by atoms with Crippen molar-refractivity contribution in [1.29, 1.82) is 0 Å². The molecular formula is C17H18N2O2S. The zero-order chi connectivity index (χ0) is 15.5. The molecule has 2 heterocycles. The van der Waals surface area contributed by atoms with Crippen LogP contribution < -0.4 is 5.32 Å². The standard InChI is InChI=1S/C17H18N2O2S/c1-19-15(20)10-13(16(19)14-8-5-9-22-14)17(21)18-11-12-6-3-2-4-7-12/h2-9,13,16H,10-11H2,1H3,(H,18,21)/t13-,16+/m0/s1. The van der Waals surface area contributed by atoms with Crippen LogP contribution in [0.1, 0.15) is 22.9 Å². The molecule has 0 saturated carbocycles. The number of amides is 2. The van der Waals surface area contributed by atoms with Crippen molar-refractivity contribution < 1.29 is 9.59 Å². The largest absolute Gasteiger partial charge is 0.352 e. The summed E-state index contributed by atoms with van der Waals surface area (Å²) < 4.78 is 0. The summed E-state index contributed by atoms with van der Waals surface area (Å²) in [5.41, 5.74) is 1.06. The van der Waals surface area contributed by atoms with Gasteiger partial charge in [0.1, 0.15) is 0 Å². The van der Waals surface area contributed by atoms with Crippen molar-refractivity contribution >= 4 is 23.2 Å². The Bertz CT molecular complexity index is 655. The SMILES string of the molecule is CN1C(=O)C[C@H](C(=O)NCc2ccccc2)[C@@H]1c1cccs1. The molecule has 0 radical (unpaired) electrons. The second kappa shape index (κ2) is 6.32. The first-order valence-electron chi connectivity index (χ1n) is 7.27. The van der Waals surface area contributed by atoms with Crippen LogP contribution in [0.2, 0.25) is 0 Å². The first-order valence-corrected chi connectivity index (χ1v) is 8.15. The maximum absolute atomic E-state index is 12.5. The molecule has 1 aliphatic rings. The zero-order valence-corrected chi connectivity index (χ0v) is 13.2. The Morgan fingerprint density at radius 3 is 2.73 bits per heavy atom. The van der Waals surface area contributed by atoms with E-state index in [1.807, 2.05) is 47.8 Å². The molecule has 2 amide bonds. The molecule has 1 aromatic carbocycles. The Kier molecular flexibility index (Phi) is 4.24. The number of nitrogens with zero attached hydrogens (tertiary/aromatic N) is 1. The highest BCUT2D eigenvalue weighted by atomic mass is 32.1. The molecule has 114 valence electrons. The summed E-state index contributed by atoms with van der Waals surface area (Å²) in [4.78, 5) is 27.3. The second-order valence-electron chi connectivity index (χ2n) is 5.48. The summed E-state index contributed by atoms with van der Waals surface area (Å²) in [6, 6.07) is 13.6. The normalized spacial score (nSPS) is 21.1. The van der Waals surface area contributed by atoms with E-state index in [2.05, 4.69) is 5.32 Å². The molecule has 1 aromatic heterocycles. The van der Waals surface area contributed by atoms with Crippen LogP contribution in [0.4, 0.5) is 0 Å². The fraction of sp³-hybridized carbons (Fsp3) is 0.294. The Hall–Kier alpha value is -2.14. The molecule has 1 saturated heterocycles. The summed E-state index contributed by atoms with van der Waals surface area (Å²) in [5.74, 6) is -0.349. The maximum Gasteiger partial charge on any atom is 0.226 e. The average Bonchev–Trinajstić information content (AvgIpc) is 3.15. The van der Waals surface area contributed by atoms with E-state index in [1.54, 1.807) is 23.3 Å². The fourth-order valence-electron chi connectivity index (χ4n) is 2.87. The van der Waals surface area contributed by atoms with Gasteiger partial charge in [-0.3, -0.25) is 9.59 Å². The van der Waals surface area contributed by atoms with E-state index < -0.39 is 0 Å². The summed E-state index contributed by atoms with van der Waals surface area (Å²) >= 11 is 1.59. The molecule has 5 heteroatoms. The highest BCUT2D eigenvalue weighted by Gasteiger charge is 2.42. The van der Waals surface area contributed by atoms with Crippen molar-refractivity contribution in [2.24, 2.45) is 5.92 Å². The lowest BCUT2D eigenvalue weighted by Gasteiger charge is -2.23. The molecule has 2 atom stereocenters. The smallest absolute Gasteiger partial charge is 0.226 e. The lowest BCUT2D eigenvalue weighted by atomic mass is 9.98. The van der Waals surface area contributed by atoms with Crippen LogP contribution in [0, 0.1) is 5.92 Å². The third-order valence-corrected chi connectivity index (χ3v) is 5.01. The van der Waals surface area contributed by atoms with Gasteiger partial charge in [0.25, 0.3) is 0 Å². The Balaban J connectivity index is 1.72. The monoisotopic (exact) mass is 314 g/mol. The van der Waals surface area contributed by atoms with Crippen molar-refractivity contribution in [3.63, 3.8) is 0 Å². The van der Waals surface area contributed by atoms with E-state index in [0.29, 0.717) is 6.54 Å². The molecule has 0 bridgehead atoms. The number of likely N-dealkylation sites (tertiary alicyclic amines) is 1. The Morgan fingerprint density at radius 2 is 2.05 bits per heavy atom. The van der Waals surface area contributed by atoms with Gasteiger partial charge in [0.05, 0.1) is 12.0 Å². The third-order valence-electron chi connectivity index (χ3n) is 4.07. The number of carbonyl (C=O) groups excluding carboxylic acids is 2. The van der Waals surface area contributed by atoms with Crippen LogP contribution >= 0.6 is 11.3 Å². The van der Waals surface area contributed by atoms with Gasteiger partial charge < -0.3 is 10.2 Å². The summed E-state index contributed by atoms with van der Waals surface area (Å²) in [7, 11) is 1.77. The Labute approximate surface area is 133 Å². The van der Waals surface area contributed by atoms with Gasteiger partial charge in [0.15, 0.2) is 0 Å². The number of thiophene rings is 1. The van der Waals surface area contributed by atoms with Gasteiger partial charge in [-0.25, -0.2) is 0 Å². The van der Waals surface area contributed by atoms with Crippen LogP contribution in [0.25, 0.3) is 0 Å². The number of hydrogen-bond donors (Lipinski definition) is 1. The third kappa shape index (κ3) is 2.90. The minimum absolute atomic E-state index is 0.0262. The summed E-state index contributed by atoms with van der Waals surface area (Å²) in [5, 5.41) is 4.94. The van der Waals surface area contributed by atoms with Crippen molar-refractivity contribution in [1.82, 2.24) is 10.2 Å². The molecule has 3 rings (SSSR count). The van der Waals surface area contributed by atoms with E-state index in [4.69, 9.17) is 0 Å². The predicted octanol–water partition coefficient (Wildman–Crippen LogP) is 2.58. The molecule has 4 nitrogen and oxygen atoms in total. The maximum atomic E-state index is 12.5. The van der Waals surface area contributed by atoms with E-state index in [9.17, 15) is 9.59 Å². The van der Waals surface area contributed by atoms with Crippen LogP contribution in [0.5, 0.6) is 0 Å². The highest BCUT2D eigenvalue weighted by molar-refractivity contribution is 7.10. The number of hydrogen-bond acceptors (Lipinski definition) is 3. The van der Waals surface area contributed by atoms with Gasteiger partial charge in [-0.15, -0.1) is 11.3 Å². The Morgan fingerprint density at radius 1 is 1.27 bits per heavy atom. The lowest BCUT2D eigenvalue weighted by Crippen LogP contribution is -2.33. The van der Waals surface area contributed by atoms with Gasteiger partial charge in [0, 0.05) is 24.9 Å². The van der Waals surface area contributed by atoms with Crippen LogP contribution in [-0.4, -0.2) is 23.8 Å². The molecular weight excluding hydrogens is 296 g/mol. The van der Waals surface area contributed by atoms with Crippen molar-refractivity contribution in [2.45, 2.75) is 19.0 Å². The van der Waals surface area contributed by atoms with Crippen molar-refractivity contribution in [2.75, 3.05) is 7.05 Å². The lowest BCUT2D eigenvalue weighted by molar-refractivity contribution is -0.128. The first-order chi connectivity index (χ1) is 10.7. The second-order valence-corrected chi connectivity index (χ2v) is 6.46. The van der Waals surface area contributed by atoms with Crippen LogP contribution in [-0.2, 0) is 16.1 Å². The number of nitrogens with one attached hydrogen (secondary N) is 1. The summed E-state index contributed by atoms with van der Waals surface area (Å²) in [6.07, 6.45) is 0.277. The minimum atomic E-state index is -0.320. The number of carbonyl (C=O) groups is 2. The van der Waals surface area contributed by atoms with Gasteiger partial charge in [-0.1, -0.05) is 36.4 Å². The molecule has 2 aromatic rings.